The fourth-order valence-corrected chi connectivity index (χ4v) is 0.863. The van der Waals surface area contributed by atoms with E-state index in [9.17, 15) is 9.59 Å². The van der Waals surface area contributed by atoms with Crippen LogP contribution in [0.3, 0.4) is 0 Å². The molecule has 0 saturated carbocycles. The van der Waals surface area contributed by atoms with Gasteiger partial charge in [0.2, 0.25) is 0 Å². The molecule has 0 atom stereocenters. The van der Waals surface area contributed by atoms with Gasteiger partial charge in [-0.15, -0.1) is 0 Å². The molecule has 0 aromatic heterocycles. The lowest BCUT2D eigenvalue weighted by Gasteiger charge is -2.14. The lowest BCUT2D eigenvalue weighted by atomic mass is 11.0. The maximum absolute atomic E-state index is 10.2. The third-order valence-corrected chi connectivity index (χ3v) is 1.39. The number of hydrogen-bond donors (Lipinski definition) is 3. The highest BCUT2D eigenvalue weighted by Crippen LogP contribution is 2.04. The molecule has 6 nitrogen and oxygen atoms in total. The summed E-state index contributed by atoms with van der Waals surface area (Å²) in [6.07, 6.45) is -2.73. The molecule has 0 aromatic rings. The van der Waals surface area contributed by atoms with Crippen LogP contribution in [0, 0.1) is 0 Å². The standard InChI is InChI=1S/C4H8N2O4S/c1-2-11-6(4(9)10)5-3(7)8/h5H,2H2,1H3,(H,7,8)(H,9,10). The number of amides is 2. The summed E-state index contributed by atoms with van der Waals surface area (Å²) in [6.45, 7) is 1.71. The molecule has 0 aliphatic heterocycles. The molecule has 0 rings (SSSR count). The van der Waals surface area contributed by atoms with Crippen LogP contribution in [0.25, 0.3) is 0 Å². The highest BCUT2D eigenvalue weighted by molar-refractivity contribution is 7.97. The third-order valence-electron chi connectivity index (χ3n) is 0.629. The number of hydrogen-bond acceptors (Lipinski definition) is 3. The van der Waals surface area contributed by atoms with Crippen LogP contribution in [0.1, 0.15) is 6.92 Å². The van der Waals surface area contributed by atoms with Crippen molar-refractivity contribution in [2.75, 3.05) is 5.75 Å². The van der Waals surface area contributed by atoms with Gasteiger partial charge in [0.25, 0.3) is 0 Å². The Morgan fingerprint density at radius 3 is 2.36 bits per heavy atom. The van der Waals surface area contributed by atoms with Gasteiger partial charge >= 0.3 is 12.2 Å². The first-order valence-electron chi connectivity index (χ1n) is 2.73. The molecule has 0 spiro atoms. The third kappa shape index (κ3) is 4.31. The van der Waals surface area contributed by atoms with Crippen LogP contribution in [0.4, 0.5) is 9.59 Å². The average Bonchev–Trinajstić information content (AvgIpc) is 1.86. The molecule has 0 radical (unpaired) electrons. The molecule has 3 N–H and O–H groups in total. The molecule has 0 heterocycles. The van der Waals surface area contributed by atoms with Gasteiger partial charge in [0.1, 0.15) is 0 Å². The van der Waals surface area contributed by atoms with Crippen molar-refractivity contribution in [2.45, 2.75) is 6.92 Å². The van der Waals surface area contributed by atoms with E-state index in [0.29, 0.717) is 10.2 Å². The zero-order chi connectivity index (χ0) is 8.85. The number of carbonyl (C=O) groups is 2. The zero-order valence-electron chi connectivity index (χ0n) is 5.77. The van der Waals surface area contributed by atoms with Crippen molar-refractivity contribution in [3.8, 4) is 0 Å². The van der Waals surface area contributed by atoms with Crippen LogP contribution in [-0.2, 0) is 0 Å². The van der Waals surface area contributed by atoms with Crippen molar-refractivity contribution in [1.82, 2.24) is 9.84 Å². The number of nitrogens with one attached hydrogen (secondary N) is 1. The molecule has 0 unspecified atom stereocenters. The van der Waals surface area contributed by atoms with Crippen molar-refractivity contribution in [3.63, 3.8) is 0 Å². The monoisotopic (exact) mass is 180 g/mol. The van der Waals surface area contributed by atoms with Gasteiger partial charge in [-0.1, -0.05) is 6.92 Å². The molecular formula is C4H8N2O4S. The topological polar surface area (TPSA) is 89.9 Å². The minimum absolute atomic E-state index is 0.479. The highest BCUT2D eigenvalue weighted by Gasteiger charge is 2.13. The van der Waals surface area contributed by atoms with Gasteiger partial charge in [-0.2, -0.15) is 4.41 Å². The number of nitrogens with zero attached hydrogens (tertiary/aromatic N) is 1. The van der Waals surface area contributed by atoms with Gasteiger partial charge in [0.05, 0.1) is 0 Å². The molecule has 2 amide bonds. The molecule has 0 saturated heterocycles. The SMILES string of the molecule is CCSN(NC(=O)O)C(=O)O. The lowest BCUT2D eigenvalue weighted by Crippen LogP contribution is -2.39. The van der Waals surface area contributed by atoms with E-state index in [0.717, 1.165) is 11.9 Å². The second-order valence-electron chi connectivity index (χ2n) is 1.41. The molecule has 0 aromatic carbocycles. The quantitative estimate of drug-likeness (QED) is 0.432. The Bertz CT molecular complexity index is 162. The largest absolute Gasteiger partial charge is 0.464 e. The number of rotatable bonds is 2. The van der Waals surface area contributed by atoms with Crippen LogP contribution in [0.15, 0.2) is 0 Å². The van der Waals surface area contributed by atoms with Crippen molar-refractivity contribution in [3.05, 3.63) is 0 Å². The smallest absolute Gasteiger partial charge is 0.437 e. The Morgan fingerprint density at radius 1 is 1.55 bits per heavy atom. The predicted octanol–water partition coefficient (Wildman–Crippen LogP) is 0.817. The second kappa shape index (κ2) is 4.67. The summed E-state index contributed by atoms with van der Waals surface area (Å²) in [4.78, 5) is 20.2. The van der Waals surface area contributed by atoms with E-state index in [1.54, 1.807) is 12.3 Å². The fourth-order valence-electron chi connectivity index (χ4n) is 0.351. The first-order valence-corrected chi connectivity index (χ1v) is 3.67. The summed E-state index contributed by atoms with van der Waals surface area (Å²) in [5, 5.41) is 16.5. The van der Waals surface area contributed by atoms with E-state index in [-0.39, 0.29) is 0 Å². The van der Waals surface area contributed by atoms with E-state index >= 15 is 0 Å². The molecule has 11 heavy (non-hydrogen) atoms. The molecule has 64 valence electrons. The van der Waals surface area contributed by atoms with Gasteiger partial charge in [0.15, 0.2) is 0 Å². The minimum Gasteiger partial charge on any atom is -0.464 e. The molecule has 0 fully saturated rings. The van der Waals surface area contributed by atoms with E-state index in [1.165, 1.54) is 0 Å². The first-order chi connectivity index (χ1) is 5.07. The van der Waals surface area contributed by atoms with Crippen molar-refractivity contribution in [1.29, 1.82) is 0 Å². The van der Waals surface area contributed by atoms with Gasteiger partial charge in [-0.25, -0.2) is 15.0 Å². The van der Waals surface area contributed by atoms with Crippen molar-refractivity contribution >= 4 is 24.1 Å². The zero-order valence-corrected chi connectivity index (χ0v) is 6.59. The number of carboxylic acid groups (broad SMARTS) is 2. The maximum atomic E-state index is 10.2. The fraction of sp³-hybridized carbons (Fsp3) is 0.500. The number of hydrazine groups is 1. The van der Waals surface area contributed by atoms with E-state index in [2.05, 4.69) is 0 Å². The van der Waals surface area contributed by atoms with Crippen LogP contribution < -0.4 is 5.43 Å². The van der Waals surface area contributed by atoms with Gasteiger partial charge in [-0.05, 0) is 11.9 Å². The van der Waals surface area contributed by atoms with Gasteiger partial charge in [0, 0.05) is 5.75 Å². The van der Waals surface area contributed by atoms with E-state index in [1.807, 2.05) is 0 Å². The molecule has 0 bridgehead atoms. The Labute approximate surface area is 67.3 Å². The summed E-state index contributed by atoms with van der Waals surface area (Å²) >= 11 is 0.855. The Balaban J connectivity index is 3.89. The maximum Gasteiger partial charge on any atom is 0.437 e. The van der Waals surface area contributed by atoms with Crippen molar-refractivity contribution in [2.24, 2.45) is 0 Å². The van der Waals surface area contributed by atoms with Crippen LogP contribution in [-0.4, -0.2) is 32.6 Å². The van der Waals surface area contributed by atoms with E-state index in [4.69, 9.17) is 10.2 Å². The summed E-state index contributed by atoms with van der Waals surface area (Å²) < 4.78 is 0.530. The molecule has 0 aliphatic rings. The summed E-state index contributed by atoms with van der Waals surface area (Å²) in [6, 6.07) is 0. The molecule has 0 aliphatic carbocycles. The minimum atomic E-state index is -1.40. The lowest BCUT2D eigenvalue weighted by molar-refractivity contribution is 0.147. The predicted molar refractivity (Wildman–Crippen MR) is 39.2 cm³/mol. The average molecular weight is 180 g/mol. The highest BCUT2D eigenvalue weighted by atomic mass is 32.2. The van der Waals surface area contributed by atoms with Crippen LogP contribution in [0.5, 0.6) is 0 Å². The van der Waals surface area contributed by atoms with Gasteiger partial charge < -0.3 is 10.2 Å². The van der Waals surface area contributed by atoms with Crippen LogP contribution in [0.2, 0.25) is 0 Å². The summed E-state index contributed by atoms with van der Waals surface area (Å²) in [5.74, 6) is 0.479. The second-order valence-corrected chi connectivity index (χ2v) is 2.61. The Hall–Kier alpha value is -1.11. The first kappa shape index (κ1) is 9.89. The Kier molecular flexibility index (Phi) is 4.20. The van der Waals surface area contributed by atoms with E-state index < -0.39 is 12.2 Å². The molecule has 7 heteroatoms. The van der Waals surface area contributed by atoms with Gasteiger partial charge in [-0.3, -0.25) is 0 Å². The molecular weight excluding hydrogens is 172 g/mol. The van der Waals surface area contributed by atoms with Crippen LogP contribution >= 0.6 is 11.9 Å². The summed E-state index contributed by atoms with van der Waals surface area (Å²) in [5.41, 5.74) is 1.69. The Morgan fingerprint density at radius 2 is 2.09 bits per heavy atom. The van der Waals surface area contributed by atoms with Crippen molar-refractivity contribution < 1.29 is 19.8 Å². The summed E-state index contributed by atoms with van der Waals surface area (Å²) in [7, 11) is 0. The normalized spacial score (nSPS) is 8.82.